The normalized spacial score (nSPS) is 23.6. The molecule has 0 saturated carbocycles. The highest BCUT2D eigenvalue weighted by Gasteiger charge is 2.47. The van der Waals surface area contributed by atoms with Crippen molar-refractivity contribution in [2.45, 2.75) is 55.7 Å². The fourth-order valence-electron chi connectivity index (χ4n) is 4.89. The van der Waals surface area contributed by atoms with E-state index in [0.717, 1.165) is 29.7 Å². The zero-order valence-corrected chi connectivity index (χ0v) is 19.8. The van der Waals surface area contributed by atoms with Crippen molar-refractivity contribution in [2.75, 3.05) is 0 Å². The van der Waals surface area contributed by atoms with Gasteiger partial charge in [-0.15, -0.1) is 0 Å². The number of sulfonamides is 1. The summed E-state index contributed by atoms with van der Waals surface area (Å²) in [4.78, 5) is 7.80. The summed E-state index contributed by atoms with van der Waals surface area (Å²) in [6, 6.07) is 10.3. The van der Waals surface area contributed by atoms with Gasteiger partial charge in [0.25, 0.3) is 0 Å². The molecule has 2 bridgehead atoms. The molecule has 2 fully saturated rings. The van der Waals surface area contributed by atoms with Crippen molar-refractivity contribution >= 4 is 33.2 Å². The molecule has 0 spiro atoms. The highest BCUT2D eigenvalue weighted by atomic mass is 35.5. The average Bonchev–Trinajstić information content (AvgIpc) is 3.34. The third-order valence-corrected chi connectivity index (χ3v) is 9.36. The molecule has 2 N–H and O–H groups in total. The first kappa shape index (κ1) is 21.9. The number of benzene rings is 2. The number of hydrogen-bond acceptors (Lipinski definition) is 4. The number of H-pyrrole nitrogens is 1. The van der Waals surface area contributed by atoms with E-state index in [1.165, 1.54) is 0 Å². The molecule has 3 aromatic rings. The van der Waals surface area contributed by atoms with E-state index in [2.05, 4.69) is 9.97 Å². The Hall–Kier alpha value is -1.90. The van der Waals surface area contributed by atoms with Crippen LogP contribution in [0.1, 0.15) is 31.2 Å². The number of fused-ring (bicyclic) bond motifs is 2. The summed E-state index contributed by atoms with van der Waals surface area (Å²) in [7, 11) is -3.80. The molecule has 1 unspecified atom stereocenters. The van der Waals surface area contributed by atoms with E-state index in [0.29, 0.717) is 29.3 Å². The van der Waals surface area contributed by atoms with Crippen molar-refractivity contribution in [1.82, 2.24) is 14.3 Å². The SMILES string of the molecule is Cc1cc(-c2cnc(-c3ccc(Cl)c(S(=O)(=O)N4C5CC[C@@H]4C[C@H](O)C5)c3)[nH]2)ccc1Cl. The second-order valence-electron chi connectivity index (χ2n) is 8.60. The molecule has 5 rings (SSSR count). The second kappa shape index (κ2) is 8.15. The lowest BCUT2D eigenvalue weighted by Crippen LogP contribution is -2.47. The Morgan fingerprint density at radius 1 is 1.03 bits per heavy atom. The first-order valence-electron chi connectivity index (χ1n) is 10.6. The molecule has 2 saturated heterocycles. The molecule has 3 heterocycles. The number of nitrogens with zero attached hydrogens (tertiary/aromatic N) is 2. The molecular formula is C23H23Cl2N3O3S. The van der Waals surface area contributed by atoms with E-state index in [-0.39, 0.29) is 22.0 Å². The molecule has 32 heavy (non-hydrogen) atoms. The maximum absolute atomic E-state index is 13.6. The number of piperidine rings is 1. The predicted molar refractivity (Wildman–Crippen MR) is 125 cm³/mol. The molecule has 0 radical (unpaired) electrons. The van der Waals surface area contributed by atoms with Crippen LogP contribution in [0.3, 0.4) is 0 Å². The van der Waals surface area contributed by atoms with E-state index in [1.807, 2.05) is 25.1 Å². The predicted octanol–water partition coefficient (Wildman–Crippen LogP) is 5.04. The van der Waals surface area contributed by atoms with Gasteiger partial charge in [-0.05, 0) is 74.1 Å². The lowest BCUT2D eigenvalue weighted by molar-refractivity contribution is 0.0769. The minimum atomic E-state index is -3.80. The monoisotopic (exact) mass is 491 g/mol. The fraction of sp³-hybridized carbons (Fsp3) is 0.348. The number of imidazole rings is 1. The van der Waals surface area contributed by atoms with Crippen molar-refractivity contribution in [3.8, 4) is 22.6 Å². The lowest BCUT2D eigenvalue weighted by atomic mass is 10.0. The van der Waals surface area contributed by atoms with Crippen LogP contribution in [0.4, 0.5) is 0 Å². The first-order valence-corrected chi connectivity index (χ1v) is 12.8. The number of aliphatic hydroxyl groups is 1. The summed E-state index contributed by atoms with van der Waals surface area (Å²) in [6.07, 6.45) is 3.73. The van der Waals surface area contributed by atoms with Crippen LogP contribution in [-0.2, 0) is 10.0 Å². The Bertz CT molecular complexity index is 1280. The number of rotatable bonds is 4. The second-order valence-corrected chi connectivity index (χ2v) is 11.2. The molecule has 0 amide bonds. The van der Waals surface area contributed by atoms with E-state index in [1.54, 1.807) is 28.7 Å². The van der Waals surface area contributed by atoms with Crippen LogP contribution < -0.4 is 0 Å². The number of hydrogen-bond donors (Lipinski definition) is 2. The Labute approximate surface area is 197 Å². The van der Waals surface area contributed by atoms with Crippen LogP contribution >= 0.6 is 23.2 Å². The van der Waals surface area contributed by atoms with Gasteiger partial charge in [0.15, 0.2) is 0 Å². The van der Waals surface area contributed by atoms with Gasteiger partial charge in [-0.25, -0.2) is 13.4 Å². The van der Waals surface area contributed by atoms with Gasteiger partial charge in [-0.3, -0.25) is 0 Å². The molecular weight excluding hydrogens is 469 g/mol. The molecule has 168 valence electrons. The number of aromatic nitrogens is 2. The van der Waals surface area contributed by atoms with Gasteiger partial charge in [0.1, 0.15) is 10.7 Å². The Kier molecular flexibility index (Phi) is 5.58. The zero-order valence-electron chi connectivity index (χ0n) is 17.4. The van der Waals surface area contributed by atoms with E-state index >= 15 is 0 Å². The van der Waals surface area contributed by atoms with Crippen LogP contribution in [0.5, 0.6) is 0 Å². The molecule has 2 aromatic carbocycles. The lowest BCUT2D eigenvalue weighted by Gasteiger charge is -2.36. The standard InChI is InChI=1S/C23H23Cl2N3O3S/c1-13-8-14(2-6-19(13)24)21-12-26-23(27-21)15-3-7-20(25)22(9-15)32(30,31)28-16-4-5-17(28)11-18(29)10-16/h2-3,6-9,12,16-18,29H,4-5,10-11H2,1H3,(H,26,27)/t16-,17?,18+/m1/s1. The molecule has 2 aliphatic rings. The Morgan fingerprint density at radius 3 is 2.38 bits per heavy atom. The fourth-order valence-corrected chi connectivity index (χ4v) is 7.40. The highest BCUT2D eigenvalue weighted by Crippen LogP contribution is 2.41. The summed E-state index contributed by atoms with van der Waals surface area (Å²) >= 11 is 12.5. The van der Waals surface area contributed by atoms with Gasteiger partial charge in [-0.2, -0.15) is 4.31 Å². The zero-order chi connectivity index (χ0) is 22.6. The summed E-state index contributed by atoms with van der Waals surface area (Å²) in [5, 5.41) is 10.9. The van der Waals surface area contributed by atoms with Crippen molar-refractivity contribution in [1.29, 1.82) is 0 Å². The number of aryl methyl sites for hydroxylation is 1. The number of halogens is 2. The Balaban J connectivity index is 1.50. The van der Waals surface area contributed by atoms with Crippen LogP contribution in [0, 0.1) is 6.92 Å². The minimum Gasteiger partial charge on any atom is -0.393 e. The van der Waals surface area contributed by atoms with Gasteiger partial charge in [-0.1, -0.05) is 29.3 Å². The third kappa shape index (κ3) is 3.76. The van der Waals surface area contributed by atoms with Crippen molar-refractivity contribution < 1.29 is 13.5 Å². The van der Waals surface area contributed by atoms with Crippen molar-refractivity contribution in [3.05, 3.63) is 58.2 Å². The van der Waals surface area contributed by atoms with E-state index in [4.69, 9.17) is 23.2 Å². The molecule has 0 aliphatic carbocycles. The number of aromatic amines is 1. The average molecular weight is 492 g/mol. The highest BCUT2D eigenvalue weighted by molar-refractivity contribution is 7.89. The van der Waals surface area contributed by atoms with Gasteiger partial charge in [0, 0.05) is 22.7 Å². The van der Waals surface area contributed by atoms with Gasteiger partial charge >= 0.3 is 0 Å². The summed E-state index contributed by atoms with van der Waals surface area (Å²) < 4.78 is 28.7. The van der Waals surface area contributed by atoms with Gasteiger partial charge in [0.05, 0.1) is 23.0 Å². The van der Waals surface area contributed by atoms with Crippen molar-refractivity contribution in [3.63, 3.8) is 0 Å². The van der Waals surface area contributed by atoms with Crippen molar-refractivity contribution in [2.24, 2.45) is 0 Å². The third-order valence-electron chi connectivity index (χ3n) is 6.45. The van der Waals surface area contributed by atoms with Crippen LogP contribution in [-0.4, -0.2) is 46.0 Å². The first-order chi connectivity index (χ1) is 15.2. The summed E-state index contributed by atoms with van der Waals surface area (Å²) in [5.41, 5.74) is 3.34. The molecule has 2 aliphatic heterocycles. The van der Waals surface area contributed by atoms with Gasteiger partial charge in [0.2, 0.25) is 10.0 Å². The maximum atomic E-state index is 13.6. The molecule has 1 aromatic heterocycles. The van der Waals surface area contributed by atoms with E-state index < -0.39 is 16.1 Å². The summed E-state index contributed by atoms with van der Waals surface area (Å²) in [6.45, 7) is 1.94. The van der Waals surface area contributed by atoms with Crippen LogP contribution in [0.2, 0.25) is 10.0 Å². The molecule has 3 atom stereocenters. The molecule has 9 heteroatoms. The largest absolute Gasteiger partial charge is 0.393 e. The number of aliphatic hydroxyl groups excluding tert-OH is 1. The van der Waals surface area contributed by atoms with Crippen LogP contribution in [0.15, 0.2) is 47.5 Å². The maximum Gasteiger partial charge on any atom is 0.245 e. The summed E-state index contributed by atoms with van der Waals surface area (Å²) in [5.74, 6) is 0.553. The van der Waals surface area contributed by atoms with Gasteiger partial charge < -0.3 is 10.1 Å². The topological polar surface area (TPSA) is 86.3 Å². The molecule has 6 nitrogen and oxygen atoms in total. The quantitative estimate of drug-likeness (QED) is 0.535. The smallest absolute Gasteiger partial charge is 0.245 e. The number of nitrogens with one attached hydrogen (secondary N) is 1. The Morgan fingerprint density at radius 2 is 1.69 bits per heavy atom. The minimum absolute atomic E-state index is 0.0743. The van der Waals surface area contributed by atoms with E-state index in [9.17, 15) is 13.5 Å². The van der Waals surface area contributed by atoms with Crippen LogP contribution in [0.25, 0.3) is 22.6 Å².